The van der Waals surface area contributed by atoms with Gasteiger partial charge in [-0.05, 0) is 30.5 Å². The van der Waals surface area contributed by atoms with Gasteiger partial charge >= 0.3 is 5.97 Å². The third-order valence-electron chi connectivity index (χ3n) is 6.00. The number of aromatic nitrogens is 2. The van der Waals surface area contributed by atoms with Crippen LogP contribution in [-0.2, 0) is 14.3 Å². The number of hydrogen-bond donors (Lipinski definition) is 1. The zero-order valence-electron chi connectivity index (χ0n) is 20.6. The number of esters is 1. The molecule has 2 aromatic carbocycles. The molecular weight excluding hydrogens is 459 g/mol. The summed E-state index contributed by atoms with van der Waals surface area (Å²) < 4.78 is 20.5. The number of aliphatic hydroxyl groups excluding tert-OH is 1. The summed E-state index contributed by atoms with van der Waals surface area (Å²) in [7, 11) is 0. The Morgan fingerprint density at radius 2 is 1.86 bits per heavy atom. The lowest BCUT2D eigenvalue weighted by Gasteiger charge is -2.09. The highest BCUT2D eigenvalue weighted by molar-refractivity contribution is 6.06. The average Bonchev–Trinajstić information content (AvgIpc) is 3.18. The minimum Gasteiger partial charge on any atom is -0.466 e. The maximum atomic E-state index is 13.8. The Hall–Kier alpha value is -3.84. The highest BCUT2D eigenvalue weighted by Crippen LogP contribution is 2.40. The lowest BCUT2D eigenvalue weighted by atomic mass is 9.95. The smallest absolute Gasteiger partial charge is 0.313 e. The van der Waals surface area contributed by atoms with E-state index in [0.717, 1.165) is 38.7 Å². The average molecular weight is 489 g/mol. The third-order valence-corrected chi connectivity index (χ3v) is 6.00. The van der Waals surface area contributed by atoms with Crippen LogP contribution in [0.4, 0.5) is 4.39 Å². The van der Waals surface area contributed by atoms with E-state index in [-0.39, 0.29) is 31.2 Å². The lowest BCUT2D eigenvalue weighted by Crippen LogP contribution is -2.16. The summed E-state index contributed by atoms with van der Waals surface area (Å²) in [6.45, 7) is 5.99. The van der Waals surface area contributed by atoms with Gasteiger partial charge < -0.3 is 9.84 Å². The van der Waals surface area contributed by atoms with Gasteiger partial charge in [0.25, 0.3) is 0 Å². The Morgan fingerprint density at radius 3 is 2.56 bits per heavy atom. The van der Waals surface area contributed by atoms with Crippen molar-refractivity contribution in [3.63, 3.8) is 0 Å². The highest BCUT2D eigenvalue weighted by atomic mass is 19.1. The number of rotatable bonds is 9. The summed E-state index contributed by atoms with van der Waals surface area (Å²) in [6.07, 6.45) is 3.51. The summed E-state index contributed by atoms with van der Waals surface area (Å²) in [5.74, 6) is -1.26. The molecular formula is C29H29FN2O4. The Morgan fingerprint density at radius 1 is 1.14 bits per heavy atom. The van der Waals surface area contributed by atoms with Crippen molar-refractivity contribution < 1.29 is 23.8 Å². The van der Waals surface area contributed by atoms with Gasteiger partial charge in [-0.1, -0.05) is 62.4 Å². The number of carbonyl (C=O) groups is 2. The topological polar surface area (TPSA) is 80.9 Å². The first-order valence-corrected chi connectivity index (χ1v) is 12.0. The van der Waals surface area contributed by atoms with E-state index < -0.39 is 17.9 Å². The first-order valence-electron chi connectivity index (χ1n) is 12.0. The monoisotopic (exact) mass is 488 g/mol. The SMILES string of the molecule is CCOC(=O)CC(=O)CC(O)C=Cc1c(-c2ccc(F)cc2)c2c3ccccc3cnn2c1C(C)C. The van der Waals surface area contributed by atoms with E-state index in [1.165, 1.54) is 12.1 Å². The van der Waals surface area contributed by atoms with E-state index in [4.69, 9.17) is 9.84 Å². The Bertz CT molecular complexity index is 1440. The van der Waals surface area contributed by atoms with Crippen molar-refractivity contribution >= 4 is 34.1 Å². The molecule has 2 heterocycles. The summed E-state index contributed by atoms with van der Waals surface area (Å²) in [5, 5.41) is 17.3. The second kappa shape index (κ2) is 10.8. The molecule has 7 heteroatoms. The van der Waals surface area contributed by atoms with Crippen LogP contribution in [0.5, 0.6) is 0 Å². The fourth-order valence-electron chi connectivity index (χ4n) is 4.50. The number of ether oxygens (including phenoxy) is 1. The molecule has 0 radical (unpaired) electrons. The summed E-state index contributed by atoms with van der Waals surface area (Å²) in [6, 6.07) is 14.2. The molecule has 0 aliphatic heterocycles. The number of fused-ring (bicyclic) bond motifs is 3. The third kappa shape index (κ3) is 5.21. The standard InChI is InChI=1S/C29H29FN2O4/c1-4-36-26(35)16-23(34)15-22(33)13-14-25-27(19-9-11-21(30)12-10-19)29-24-8-6-5-7-20(24)17-31-32(29)28(25)18(2)3/h5-14,17-18,22,33H,4,15-16H2,1-3H3. The molecule has 0 aliphatic carbocycles. The van der Waals surface area contributed by atoms with Gasteiger partial charge in [-0.2, -0.15) is 5.10 Å². The van der Waals surface area contributed by atoms with Crippen molar-refractivity contribution in [2.45, 2.75) is 45.6 Å². The summed E-state index contributed by atoms with van der Waals surface area (Å²) >= 11 is 0. The normalized spacial score (nSPS) is 12.6. The number of benzene rings is 2. The van der Waals surface area contributed by atoms with Crippen LogP contribution in [0.1, 0.15) is 50.8 Å². The van der Waals surface area contributed by atoms with Crippen molar-refractivity contribution in [1.82, 2.24) is 9.61 Å². The van der Waals surface area contributed by atoms with Gasteiger partial charge in [0.05, 0.1) is 30.1 Å². The van der Waals surface area contributed by atoms with E-state index in [2.05, 4.69) is 13.8 Å². The summed E-state index contributed by atoms with van der Waals surface area (Å²) in [4.78, 5) is 23.8. The first-order chi connectivity index (χ1) is 17.3. The molecule has 0 saturated carbocycles. The van der Waals surface area contributed by atoms with E-state index in [1.54, 1.807) is 31.2 Å². The van der Waals surface area contributed by atoms with Crippen molar-refractivity contribution in [2.75, 3.05) is 6.61 Å². The maximum Gasteiger partial charge on any atom is 0.313 e. The molecule has 0 saturated heterocycles. The number of hydrogen-bond acceptors (Lipinski definition) is 5. The number of halogens is 1. The molecule has 0 bridgehead atoms. The van der Waals surface area contributed by atoms with Gasteiger partial charge in [0.2, 0.25) is 0 Å². The zero-order chi connectivity index (χ0) is 25.8. The number of ketones is 1. The molecule has 2 aromatic heterocycles. The molecule has 6 nitrogen and oxygen atoms in total. The number of carbonyl (C=O) groups excluding carboxylic acids is 2. The van der Waals surface area contributed by atoms with Crippen LogP contribution in [-0.4, -0.2) is 39.2 Å². The van der Waals surface area contributed by atoms with E-state index in [9.17, 15) is 19.1 Å². The second-order valence-electron chi connectivity index (χ2n) is 8.98. The van der Waals surface area contributed by atoms with Crippen LogP contribution in [0.2, 0.25) is 0 Å². The predicted octanol–water partition coefficient (Wildman–Crippen LogP) is 5.70. The molecule has 186 valence electrons. The van der Waals surface area contributed by atoms with Gasteiger partial charge in [0.15, 0.2) is 0 Å². The molecule has 4 aromatic rings. The van der Waals surface area contributed by atoms with Gasteiger partial charge in [0, 0.05) is 28.3 Å². The molecule has 1 unspecified atom stereocenters. The molecule has 0 fully saturated rings. The van der Waals surface area contributed by atoms with Crippen LogP contribution in [0.3, 0.4) is 0 Å². The lowest BCUT2D eigenvalue weighted by molar-refractivity contribution is -0.145. The Labute approximate surface area is 209 Å². The highest BCUT2D eigenvalue weighted by Gasteiger charge is 2.23. The van der Waals surface area contributed by atoms with Gasteiger partial charge in [-0.3, -0.25) is 9.59 Å². The van der Waals surface area contributed by atoms with Gasteiger partial charge in [0.1, 0.15) is 18.0 Å². The zero-order valence-corrected chi connectivity index (χ0v) is 20.6. The van der Waals surface area contributed by atoms with Crippen molar-refractivity contribution in [3.8, 4) is 11.1 Å². The minimum absolute atomic E-state index is 0.0719. The fraction of sp³-hybridized carbons (Fsp3) is 0.276. The van der Waals surface area contributed by atoms with Crippen LogP contribution < -0.4 is 0 Å². The van der Waals surface area contributed by atoms with Crippen LogP contribution in [0.25, 0.3) is 33.5 Å². The van der Waals surface area contributed by atoms with Gasteiger partial charge in [-0.15, -0.1) is 0 Å². The molecule has 36 heavy (non-hydrogen) atoms. The molecule has 0 spiro atoms. The molecule has 1 N–H and O–H groups in total. The maximum absolute atomic E-state index is 13.8. The van der Waals surface area contributed by atoms with Crippen molar-refractivity contribution in [1.29, 1.82) is 0 Å². The largest absolute Gasteiger partial charge is 0.466 e. The Balaban J connectivity index is 1.84. The molecule has 4 rings (SSSR count). The second-order valence-corrected chi connectivity index (χ2v) is 8.98. The quantitative estimate of drug-likeness (QED) is 0.241. The first kappa shape index (κ1) is 25.3. The number of aliphatic hydroxyl groups is 1. The Kier molecular flexibility index (Phi) is 7.60. The molecule has 0 aliphatic rings. The minimum atomic E-state index is -1.08. The predicted molar refractivity (Wildman–Crippen MR) is 138 cm³/mol. The molecule has 0 amide bonds. The van der Waals surface area contributed by atoms with Crippen LogP contribution >= 0.6 is 0 Å². The van der Waals surface area contributed by atoms with Crippen LogP contribution in [0.15, 0.2) is 60.8 Å². The number of Topliss-reactive ketones (excluding diaryl/α,β-unsaturated/α-hetero) is 1. The van der Waals surface area contributed by atoms with Crippen LogP contribution in [0, 0.1) is 5.82 Å². The summed E-state index contributed by atoms with van der Waals surface area (Å²) in [5.41, 5.74) is 4.32. The van der Waals surface area contributed by atoms with E-state index >= 15 is 0 Å². The van der Waals surface area contributed by atoms with Crippen molar-refractivity contribution in [2.24, 2.45) is 0 Å². The van der Waals surface area contributed by atoms with Crippen molar-refractivity contribution in [3.05, 3.63) is 77.9 Å². The van der Waals surface area contributed by atoms with E-state index in [1.807, 2.05) is 35.0 Å². The fourth-order valence-corrected chi connectivity index (χ4v) is 4.50. The number of nitrogens with zero attached hydrogens (tertiary/aromatic N) is 2. The molecule has 1 atom stereocenters. The van der Waals surface area contributed by atoms with Gasteiger partial charge in [-0.25, -0.2) is 8.91 Å². The van der Waals surface area contributed by atoms with E-state index in [0.29, 0.717) is 0 Å².